The molecule has 1 fully saturated rings. The second-order valence-electron chi connectivity index (χ2n) is 4.32. The summed E-state index contributed by atoms with van der Waals surface area (Å²) in [7, 11) is -1.51. The predicted octanol–water partition coefficient (Wildman–Crippen LogP) is 0.877. The van der Waals surface area contributed by atoms with Crippen LogP contribution in [-0.4, -0.2) is 45.6 Å². The van der Waals surface area contributed by atoms with E-state index in [9.17, 15) is 8.42 Å². The molecule has 18 heavy (non-hydrogen) atoms. The average Bonchev–Trinajstić information content (AvgIpc) is 2.79. The van der Waals surface area contributed by atoms with E-state index in [0.717, 1.165) is 4.88 Å². The zero-order valence-electron chi connectivity index (χ0n) is 10.5. The van der Waals surface area contributed by atoms with Gasteiger partial charge in [0.25, 0.3) is 0 Å². The summed E-state index contributed by atoms with van der Waals surface area (Å²) in [5.74, 6) is 0. The summed E-state index contributed by atoms with van der Waals surface area (Å²) in [5, 5.41) is 4.73. The van der Waals surface area contributed by atoms with Gasteiger partial charge in [0.15, 0.2) is 0 Å². The highest BCUT2D eigenvalue weighted by Gasteiger charge is 2.29. The molecule has 0 amide bonds. The molecule has 0 spiro atoms. The molecule has 1 aromatic rings. The van der Waals surface area contributed by atoms with Crippen LogP contribution in [0.1, 0.15) is 11.8 Å². The summed E-state index contributed by atoms with van der Waals surface area (Å²) >= 11 is 1.47. The van der Waals surface area contributed by atoms with Gasteiger partial charge in [0.2, 0.25) is 10.0 Å². The fourth-order valence-corrected chi connectivity index (χ4v) is 4.69. The molecular weight excluding hydrogens is 272 g/mol. The highest BCUT2D eigenvalue weighted by atomic mass is 32.2. The number of morpholine rings is 1. The molecule has 1 aromatic heterocycles. The molecule has 0 saturated carbocycles. The third-order valence-electron chi connectivity index (χ3n) is 2.82. The average molecular weight is 290 g/mol. The Morgan fingerprint density at radius 1 is 1.61 bits per heavy atom. The lowest BCUT2D eigenvalue weighted by molar-refractivity contribution is 0.0102. The summed E-state index contributed by atoms with van der Waals surface area (Å²) in [6.07, 6.45) is -0.0380. The fourth-order valence-electron chi connectivity index (χ4n) is 1.92. The lowest BCUT2D eigenvalue weighted by atomic mass is 10.3. The van der Waals surface area contributed by atoms with Crippen LogP contribution in [0.25, 0.3) is 0 Å². The number of ether oxygens (including phenoxy) is 1. The molecule has 2 heterocycles. The van der Waals surface area contributed by atoms with Crippen LogP contribution in [0, 0.1) is 0 Å². The monoisotopic (exact) mass is 290 g/mol. The van der Waals surface area contributed by atoms with E-state index in [2.05, 4.69) is 5.32 Å². The number of hydrogen-bond donors (Lipinski definition) is 1. The van der Waals surface area contributed by atoms with Gasteiger partial charge < -0.3 is 10.1 Å². The molecule has 1 aliphatic rings. The van der Waals surface area contributed by atoms with Gasteiger partial charge in [-0.1, -0.05) is 0 Å². The standard InChI is InChI=1S/C11H18N2O3S2/c1-9-7-13(3-4-16-9)18(14,15)11-5-10(6-12-2)17-8-11/h5,8-9,12H,3-4,6-7H2,1-2H3. The molecule has 1 saturated heterocycles. The Balaban J connectivity index is 2.18. The molecule has 2 rings (SSSR count). The largest absolute Gasteiger partial charge is 0.376 e. The second-order valence-corrected chi connectivity index (χ2v) is 7.26. The van der Waals surface area contributed by atoms with Gasteiger partial charge in [-0.25, -0.2) is 8.42 Å². The third kappa shape index (κ3) is 2.92. The maximum absolute atomic E-state index is 12.4. The first-order valence-electron chi connectivity index (χ1n) is 5.88. The second kappa shape index (κ2) is 5.66. The van der Waals surface area contributed by atoms with Crippen molar-refractivity contribution in [2.75, 3.05) is 26.7 Å². The molecule has 5 nitrogen and oxygen atoms in total. The quantitative estimate of drug-likeness (QED) is 0.894. The van der Waals surface area contributed by atoms with Gasteiger partial charge in [0.05, 0.1) is 17.6 Å². The van der Waals surface area contributed by atoms with Crippen LogP contribution >= 0.6 is 11.3 Å². The van der Waals surface area contributed by atoms with Crippen LogP contribution in [0.4, 0.5) is 0 Å². The summed E-state index contributed by atoms with van der Waals surface area (Å²) in [6.45, 7) is 3.92. The maximum Gasteiger partial charge on any atom is 0.244 e. The first-order chi connectivity index (χ1) is 8.54. The van der Waals surface area contributed by atoms with Gasteiger partial charge in [-0.3, -0.25) is 0 Å². The Labute approximate surface area is 112 Å². The summed E-state index contributed by atoms with van der Waals surface area (Å²) in [6, 6.07) is 1.75. The van der Waals surface area contributed by atoms with Gasteiger partial charge in [0.1, 0.15) is 0 Å². The van der Waals surface area contributed by atoms with Crippen LogP contribution in [0.15, 0.2) is 16.3 Å². The molecule has 1 atom stereocenters. The van der Waals surface area contributed by atoms with E-state index >= 15 is 0 Å². The molecule has 0 radical (unpaired) electrons. The molecule has 1 aliphatic heterocycles. The van der Waals surface area contributed by atoms with Crippen molar-refractivity contribution < 1.29 is 13.2 Å². The van der Waals surface area contributed by atoms with Gasteiger partial charge in [0, 0.05) is 29.9 Å². The van der Waals surface area contributed by atoms with Crippen molar-refractivity contribution in [1.29, 1.82) is 0 Å². The Hall–Kier alpha value is -0.470. The zero-order valence-corrected chi connectivity index (χ0v) is 12.2. The van der Waals surface area contributed by atoms with E-state index in [1.807, 2.05) is 14.0 Å². The normalized spacial score (nSPS) is 22.2. The van der Waals surface area contributed by atoms with E-state index < -0.39 is 10.0 Å². The number of sulfonamides is 1. The first-order valence-corrected chi connectivity index (χ1v) is 8.20. The van der Waals surface area contributed by atoms with Gasteiger partial charge in [-0.2, -0.15) is 4.31 Å². The molecule has 0 aromatic carbocycles. The van der Waals surface area contributed by atoms with E-state index in [0.29, 0.717) is 31.1 Å². The van der Waals surface area contributed by atoms with Crippen LogP contribution < -0.4 is 5.32 Å². The predicted molar refractivity (Wildman–Crippen MR) is 71.3 cm³/mol. The molecule has 1 unspecified atom stereocenters. The smallest absolute Gasteiger partial charge is 0.244 e. The van der Waals surface area contributed by atoms with Crippen molar-refractivity contribution in [3.8, 4) is 0 Å². The highest BCUT2D eigenvalue weighted by molar-refractivity contribution is 7.89. The van der Waals surface area contributed by atoms with Gasteiger partial charge >= 0.3 is 0 Å². The maximum atomic E-state index is 12.4. The number of rotatable bonds is 4. The van der Waals surface area contributed by atoms with Crippen molar-refractivity contribution in [3.05, 3.63) is 16.3 Å². The summed E-state index contributed by atoms with van der Waals surface area (Å²) in [5.41, 5.74) is 0. The Morgan fingerprint density at radius 3 is 3.06 bits per heavy atom. The minimum absolute atomic E-state index is 0.0380. The van der Waals surface area contributed by atoms with Crippen LogP contribution in [0.3, 0.4) is 0 Å². The topological polar surface area (TPSA) is 58.6 Å². The number of nitrogens with one attached hydrogen (secondary N) is 1. The van der Waals surface area contributed by atoms with Crippen molar-refractivity contribution in [3.63, 3.8) is 0 Å². The number of hydrogen-bond acceptors (Lipinski definition) is 5. The number of nitrogens with zero attached hydrogens (tertiary/aromatic N) is 1. The van der Waals surface area contributed by atoms with Crippen LogP contribution in [0.5, 0.6) is 0 Å². The molecule has 102 valence electrons. The van der Waals surface area contributed by atoms with Crippen LogP contribution in [0.2, 0.25) is 0 Å². The molecule has 0 bridgehead atoms. The lowest BCUT2D eigenvalue weighted by Crippen LogP contribution is -2.44. The van der Waals surface area contributed by atoms with E-state index in [4.69, 9.17) is 4.74 Å². The van der Waals surface area contributed by atoms with Crippen molar-refractivity contribution >= 4 is 21.4 Å². The Bertz CT molecular complexity index is 498. The van der Waals surface area contributed by atoms with E-state index in [1.54, 1.807) is 11.4 Å². The highest BCUT2D eigenvalue weighted by Crippen LogP contribution is 2.24. The first kappa shape index (κ1) is 14.0. The van der Waals surface area contributed by atoms with Crippen molar-refractivity contribution in [1.82, 2.24) is 9.62 Å². The Morgan fingerprint density at radius 2 is 2.39 bits per heavy atom. The minimum atomic E-state index is -3.36. The number of thiophene rings is 1. The fraction of sp³-hybridized carbons (Fsp3) is 0.636. The van der Waals surface area contributed by atoms with E-state index in [-0.39, 0.29) is 6.10 Å². The molecule has 7 heteroatoms. The zero-order chi connectivity index (χ0) is 13.2. The van der Waals surface area contributed by atoms with Gasteiger partial charge in [-0.15, -0.1) is 11.3 Å². The van der Waals surface area contributed by atoms with E-state index in [1.165, 1.54) is 15.6 Å². The molecular formula is C11H18N2O3S2. The van der Waals surface area contributed by atoms with Crippen molar-refractivity contribution in [2.45, 2.75) is 24.5 Å². The van der Waals surface area contributed by atoms with Gasteiger partial charge in [-0.05, 0) is 20.0 Å². The van der Waals surface area contributed by atoms with Crippen molar-refractivity contribution in [2.24, 2.45) is 0 Å². The van der Waals surface area contributed by atoms with Crippen LogP contribution in [-0.2, 0) is 21.3 Å². The SMILES string of the molecule is CNCc1cc(S(=O)(=O)N2CCOC(C)C2)cs1. The summed E-state index contributed by atoms with van der Waals surface area (Å²) < 4.78 is 31.7. The molecule has 0 aliphatic carbocycles. The lowest BCUT2D eigenvalue weighted by Gasteiger charge is -2.29. The third-order valence-corrected chi connectivity index (χ3v) is 5.75. The Kier molecular flexibility index (Phi) is 4.39. The minimum Gasteiger partial charge on any atom is -0.376 e. The molecule has 1 N–H and O–H groups in total. The summed E-state index contributed by atoms with van der Waals surface area (Å²) in [4.78, 5) is 1.42.